The molecule has 32 heavy (non-hydrogen) atoms. The van der Waals surface area contributed by atoms with Crippen molar-refractivity contribution < 1.29 is 0 Å². The first-order chi connectivity index (χ1) is 15.6. The molecule has 2 aliphatic carbocycles. The molecule has 0 bridgehead atoms. The SMILES string of the molecule is Cc1cc2c(c(-c3nc(C4CCCC4)cc4c(C(C)C)cccc34)c1)Cc1ccccc1-2. The molecular weight excluding hydrogens is 386 g/mol. The van der Waals surface area contributed by atoms with Crippen LogP contribution in [0.15, 0.2) is 60.7 Å². The van der Waals surface area contributed by atoms with Crippen molar-refractivity contribution in [2.24, 2.45) is 0 Å². The first kappa shape index (κ1) is 19.7. The largest absolute Gasteiger partial charge is 0.252 e. The van der Waals surface area contributed by atoms with Gasteiger partial charge in [0.25, 0.3) is 0 Å². The standard InChI is InChI=1S/C31H31N/c1-19(2)23-13-8-14-25-28(23)18-30(21-9-4-5-10-21)32-31(25)29-16-20(3)15-26-24-12-7-6-11-22(24)17-27(26)29/h6-8,11-16,18-19,21H,4-5,9-10,17H2,1-3H3. The van der Waals surface area contributed by atoms with E-state index in [1.165, 1.54) is 86.8 Å². The molecule has 3 aromatic carbocycles. The van der Waals surface area contributed by atoms with E-state index in [0.29, 0.717) is 11.8 Å². The molecule has 1 fully saturated rings. The van der Waals surface area contributed by atoms with Crippen LogP contribution in [0.3, 0.4) is 0 Å². The molecule has 0 radical (unpaired) electrons. The summed E-state index contributed by atoms with van der Waals surface area (Å²) in [7, 11) is 0. The Bertz CT molecular complexity index is 1340. The molecular formula is C31H31N. The van der Waals surface area contributed by atoms with Crippen LogP contribution in [0.25, 0.3) is 33.2 Å². The van der Waals surface area contributed by atoms with Gasteiger partial charge in [0.15, 0.2) is 0 Å². The van der Waals surface area contributed by atoms with Gasteiger partial charge in [0.1, 0.15) is 0 Å². The molecule has 0 spiro atoms. The molecule has 1 heterocycles. The number of benzene rings is 3. The number of pyridine rings is 1. The smallest absolute Gasteiger partial charge is 0.0787 e. The first-order valence-corrected chi connectivity index (χ1v) is 12.3. The van der Waals surface area contributed by atoms with Crippen molar-refractivity contribution in [1.29, 1.82) is 0 Å². The molecule has 0 atom stereocenters. The molecule has 1 nitrogen and oxygen atoms in total. The van der Waals surface area contributed by atoms with Gasteiger partial charge in [-0.3, -0.25) is 4.98 Å². The highest BCUT2D eigenvalue weighted by molar-refractivity contribution is 5.99. The van der Waals surface area contributed by atoms with E-state index in [4.69, 9.17) is 4.98 Å². The van der Waals surface area contributed by atoms with Crippen LogP contribution in [0.5, 0.6) is 0 Å². The second-order valence-corrected chi connectivity index (χ2v) is 10.1. The lowest BCUT2D eigenvalue weighted by Crippen LogP contribution is -2.02. The number of nitrogens with zero attached hydrogens (tertiary/aromatic N) is 1. The zero-order valence-corrected chi connectivity index (χ0v) is 19.4. The molecule has 2 aliphatic rings. The van der Waals surface area contributed by atoms with Crippen LogP contribution in [0.1, 0.15) is 79.3 Å². The van der Waals surface area contributed by atoms with Crippen molar-refractivity contribution in [2.45, 2.75) is 64.7 Å². The van der Waals surface area contributed by atoms with E-state index in [9.17, 15) is 0 Å². The Labute approximate surface area is 191 Å². The number of fused-ring (bicyclic) bond motifs is 4. The summed E-state index contributed by atoms with van der Waals surface area (Å²) in [4.78, 5) is 5.44. The lowest BCUT2D eigenvalue weighted by molar-refractivity contribution is 0.700. The van der Waals surface area contributed by atoms with Crippen molar-refractivity contribution in [2.75, 3.05) is 0 Å². The molecule has 160 valence electrons. The Morgan fingerprint density at radius 2 is 1.59 bits per heavy atom. The number of aromatic nitrogens is 1. The fraction of sp³-hybridized carbons (Fsp3) is 0.323. The molecule has 0 saturated heterocycles. The number of aryl methyl sites for hydroxylation is 1. The highest BCUT2D eigenvalue weighted by Gasteiger charge is 2.26. The van der Waals surface area contributed by atoms with Gasteiger partial charge in [-0.05, 0) is 83.0 Å². The summed E-state index contributed by atoms with van der Waals surface area (Å²) < 4.78 is 0. The van der Waals surface area contributed by atoms with Crippen LogP contribution in [0.4, 0.5) is 0 Å². The summed E-state index contributed by atoms with van der Waals surface area (Å²) in [5, 5.41) is 2.71. The fourth-order valence-corrected chi connectivity index (χ4v) is 6.05. The molecule has 4 aromatic rings. The maximum atomic E-state index is 5.44. The maximum Gasteiger partial charge on any atom is 0.0787 e. The Hall–Kier alpha value is -2.93. The number of hydrogen-bond donors (Lipinski definition) is 0. The Balaban J connectivity index is 1.65. The maximum absolute atomic E-state index is 5.44. The van der Waals surface area contributed by atoms with E-state index in [-0.39, 0.29) is 0 Å². The quantitative estimate of drug-likeness (QED) is 0.286. The van der Waals surface area contributed by atoms with Crippen molar-refractivity contribution in [1.82, 2.24) is 4.98 Å². The van der Waals surface area contributed by atoms with E-state index in [1.807, 2.05) is 0 Å². The molecule has 6 rings (SSSR count). The molecule has 0 aliphatic heterocycles. The zero-order valence-electron chi connectivity index (χ0n) is 19.4. The van der Waals surface area contributed by atoms with E-state index < -0.39 is 0 Å². The highest BCUT2D eigenvalue weighted by atomic mass is 14.7. The molecule has 1 heteroatoms. The van der Waals surface area contributed by atoms with E-state index >= 15 is 0 Å². The summed E-state index contributed by atoms with van der Waals surface area (Å²) in [6, 6.07) is 22.9. The van der Waals surface area contributed by atoms with Crippen molar-refractivity contribution in [3.05, 3.63) is 88.6 Å². The van der Waals surface area contributed by atoms with Gasteiger partial charge in [0, 0.05) is 22.6 Å². The van der Waals surface area contributed by atoms with Crippen molar-refractivity contribution >= 4 is 10.8 Å². The second kappa shape index (κ2) is 7.59. The van der Waals surface area contributed by atoms with E-state index in [1.54, 1.807) is 0 Å². The van der Waals surface area contributed by atoms with Crippen molar-refractivity contribution in [3.63, 3.8) is 0 Å². The first-order valence-electron chi connectivity index (χ1n) is 12.3. The monoisotopic (exact) mass is 417 g/mol. The third kappa shape index (κ3) is 3.10. The van der Waals surface area contributed by atoms with Crippen LogP contribution in [0.2, 0.25) is 0 Å². The second-order valence-electron chi connectivity index (χ2n) is 10.1. The number of hydrogen-bond acceptors (Lipinski definition) is 1. The minimum Gasteiger partial charge on any atom is -0.252 e. The van der Waals surface area contributed by atoms with E-state index in [2.05, 4.69) is 81.4 Å². The topological polar surface area (TPSA) is 12.9 Å². The van der Waals surface area contributed by atoms with Crippen LogP contribution in [-0.2, 0) is 6.42 Å². The minimum absolute atomic E-state index is 0.498. The van der Waals surface area contributed by atoms with E-state index in [0.717, 1.165) is 6.42 Å². The number of rotatable bonds is 3. The molecule has 0 unspecified atom stereocenters. The van der Waals surface area contributed by atoms with Gasteiger partial charge < -0.3 is 0 Å². The Kier molecular flexibility index (Phi) is 4.68. The van der Waals surface area contributed by atoms with Gasteiger partial charge >= 0.3 is 0 Å². The molecule has 0 N–H and O–H groups in total. The van der Waals surface area contributed by atoms with Crippen LogP contribution in [0, 0.1) is 6.92 Å². The zero-order chi connectivity index (χ0) is 21.8. The van der Waals surface area contributed by atoms with Gasteiger partial charge in [-0.15, -0.1) is 0 Å². The van der Waals surface area contributed by atoms with Gasteiger partial charge in [0.05, 0.1) is 5.69 Å². The lowest BCUT2D eigenvalue weighted by atomic mass is 9.89. The summed E-state index contributed by atoms with van der Waals surface area (Å²) in [5.41, 5.74) is 12.3. The molecule has 1 aromatic heterocycles. The molecule has 1 saturated carbocycles. The Morgan fingerprint density at radius 3 is 2.41 bits per heavy atom. The minimum atomic E-state index is 0.498. The summed E-state index contributed by atoms with van der Waals surface area (Å²) in [5.74, 6) is 1.10. The summed E-state index contributed by atoms with van der Waals surface area (Å²) in [6.07, 6.45) is 6.22. The van der Waals surface area contributed by atoms with Gasteiger partial charge in [-0.2, -0.15) is 0 Å². The highest BCUT2D eigenvalue weighted by Crippen LogP contribution is 2.45. The summed E-state index contributed by atoms with van der Waals surface area (Å²) >= 11 is 0. The van der Waals surface area contributed by atoms with Gasteiger partial charge in [-0.25, -0.2) is 0 Å². The lowest BCUT2D eigenvalue weighted by Gasteiger charge is -2.19. The average Bonchev–Trinajstić information content (AvgIpc) is 3.46. The Morgan fingerprint density at radius 1 is 0.812 bits per heavy atom. The average molecular weight is 418 g/mol. The predicted molar refractivity (Wildman–Crippen MR) is 135 cm³/mol. The molecule has 0 amide bonds. The van der Waals surface area contributed by atoms with Crippen LogP contribution >= 0.6 is 0 Å². The van der Waals surface area contributed by atoms with Gasteiger partial charge in [0.2, 0.25) is 0 Å². The van der Waals surface area contributed by atoms with Gasteiger partial charge in [-0.1, -0.05) is 75.2 Å². The van der Waals surface area contributed by atoms with Crippen LogP contribution < -0.4 is 0 Å². The third-order valence-electron chi connectivity index (χ3n) is 7.65. The normalized spacial score (nSPS) is 15.5. The third-order valence-corrected chi connectivity index (χ3v) is 7.65. The predicted octanol–water partition coefficient (Wildman–Crippen LogP) is 8.56. The summed E-state index contributed by atoms with van der Waals surface area (Å²) in [6.45, 7) is 6.85. The fourth-order valence-electron chi connectivity index (χ4n) is 6.05. The van der Waals surface area contributed by atoms with Crippen LogP contribution in [-0.4, -0.2) is 4.98 Å². The van der Waals surface area contributed by atoms with Crippen molar-refractivity contribution in [3.8, 4) is 22.4 Å².